The minimum absolute atomic E-state index is 1.11. The van der Waals surface area contributed by atoms with Crippen molar-refractivity contribution in [3.63, 3.8) is 0 Å². The van der Waals surface area contributed by atoms with E-state index in [1.807, 2.05) is 5.48 Å². The van der Waals surface area contributed by atoms with Crippen molar-refractivity contribution in [1.29, 1.82) is 5.26 Å². The second-order valence-corrected chi connectivity index (χ2v) is 0.200. The molecule has 0 rings (SSSR count). The monoisotopic (exact) mass is 57.0 g/mol. The Morgan fingerprint density at radius 1 is 2.00 bits per heavy atom. The van der Waals surface area contributed by atoms with E-state index in [4.69, 9.17) is 10.5 Å². The van der Waals surface area contributed by atoms with Crippen molar-refractivity contribution in [1.82, 2.24) is 5.48 Å². The van der Waals surface area contributed by atoms with E-state index in [0.29, 0.717) is 0 Å². The zero-order valence-corrected chi connectivity index (χ0v) is 1.84. The van der Waals surface area contributed by atoms with E-state index < -0.39 is 0 Å². The first-order chi connectivity index (χ1) is 1.91. The van der Waals surface area contributed by atoms with Gasteiger partial charge in [-0.15, -0.1) is 0 Å². The van der Waals surface area contributed by atoms with Crippen LogP contribution < -0.4 is 5.48 Å². The van der Waals surface area contributed by atoms with Gasteiger partial charge in [-0.1, -0.05) is 5.48 Å². The number of rotatable bonds is 0. The molecule has 1 radical (unpaired) electrons. The second-order valence-electron chi connectivity index (χ2n) is 0.200. The zero-order valence-electron chi connectivity index (χ0n) is 1.84. The fourth-order valence-corrected chi connectivity index (χ4v) is 0. The molecule has 0 atom stereocenters. The summed E-state index contributed by atoms with van der Waals surface area (Å²) in [6.45, 7) is 0. The van der Waals surface area contributed by atoms with Crippen LogP contribution in [0.2, 0.25) is 0 Å². The second kappa shape index (κ2) is 2.25. The predicted molar refractivity (Wildman–Crippen MR) is 9.53 cm³/mol. The van der Waals surface area contributed by atoms with Crippen LogP contribution in [0.1, 0.15) is 0 Å². The Morgan fingerprint density at radius 2 is 2.25 bits per heavy atom. The maximum atomic E-state index is 7.21. The molecule has 0 aliphatic rings. The summed E-state index contributed by atoms with van der Waals surface area (Å²) in [5.41, 5.74) is 2.04. The number of nitriles is 1. The Hall–Kier alpha value is -0.750. The molecule has 0 fully saturated rings. The van der Waals surface area contributed by atoms with Crippen molar-refractivity contribution >= 4 is 0 Å². The van der Waals surface area contributed by atoms with Crippen LogP contribution >= 0.6 is 0 Å². The third-order valence-electron chi connectivity index (χ3n) is 0.0447. The van der Waals surface area contributed by atoms with Gasteiger partial charge in [0.25, 0.3) is 0 Å². The van der Waals surface area contributed by atoms with Gasteiger partial charge in [0, 0.05) is 0 Å². The van der Waals surface area contributed by atoms with Gasteiger partial charge in [0.1, 0.15) is 0 Å². The third-order valence-corrected chi connectivity index (χ3v) is 0.0447. The van der Waals surface area contributed by atoms with Crippen molar-refractivity contribution in [2.24, 2.45) is 0 Å². The minimum Gasteiger partial charge on any atom is -0.257 e. The Kier molecular flexibility index (Phi) is 1.83. The Labute approximate surface area is 23.4 Å². The summed E-state index contributed by atoms with van der Waals surface area (Å²) in [7, 11) is 0. The maximum absolute atomic E-state index is 7.21. The molecule has 1 N–H and O–H groups in total. The first-order valence-electron chi connectivity index (χ1n) is 0.647. The van der Waals surface area contributed by atoms with Gasteiger partial charge in [0.15, 0.2) is 0 Å². The highest BCUT2D eigenvalue weighted by Gasteiger charge is 1.48. The smallest absolute Gasteiger partial charge is 0.230 e. The van der Waals surface area contributed by atoms with E-state index in [9.17, 15) is 0 Å². The van der Waals surface area contributed by atoms with E-state index in [2.05, 4.69) is 0 Å². The standard InChI is InChI=1S/CHN2O/c2-1-3-4/h4H. The van der Waals surface area contributed by atoms with Gasteiger partial charge in [0.05, 0.1) is 0 Å². The van der Waals surface area contributed by atoms with Crippen LogP contribution in [0.4, 0.5) is 0 Å². The van der Waals surface area contributed by atoms with E-state index in [1.54, 1.807) is 0 Å². The van der Waals surface area contributed by atoms with E-state index in [-0.39, 0.29) is 0 Å². The average molecular weight is 57.0 g/mol. The maximum Gasteiger partial charge on any atom is 0.230 e. The van der Waals surface area contributed by atoms with Crippen molar-refractivity contribution in [3.05, 3.63) is 0 Å². The highest BCUT2D eigenvalue weighted by molar-refractivity contribution is 4.49. The van der Waals surface area contributed by atoms with Crippen molar-refractivity contribution < 1.29 is 5.21 Å². The van der Waals surface area contributed by atoms with Gasteiger partial charge in [-0.2, -0.15) is 5.26 Å². The van der Waals surface area contributed by atoms with Crippen LogP contribution in [0.15, 0.2) is 0 Å². The SMILES string of the molecule is N#C[N]O. The van der Waals surface area contributed by atoms with Gasteiger partial charge in [0.2, 0.25) is 6.19 Å². The third kappa shape index (κ3) is 1.25. The van der Waals surface area contributed by atoms with Gasteiger partial charge in [-0.3, -0.25) is 5.21 Å². The van der Waals surface area contributed by atoms with Gasteiger partial charge in [-0.05, 0) is 0 Å². The first kappa shape index (κ1) is 3.25. The molecule has 0 saturated carbocycles. The molecule has 0 aromatic heterocycles. The Morgan fingerprint density at radius 3 is 2.25 bits per heavy atom. The molecule has 21 valence electrons. The quantitative estimate of drug-likeness (QED) is 0.300. The van der Waals surface area contributed by atoms with Crippen LogP contribution in [0.3, 0.4) is 0 Å². The lowest BCUT2D eigenvalue weighted by molar-refractivity contribution is 0.212. The highest BCUT2D eigenvalue weighted by atomic mass is 16.5. The molecule has 0 amide bonds. The molecule has 0 heterocycles. The normalized spacial score (nSPS) is 4.00. The number of nitrogens with zero attached hydrogens (tertiary/aromatic N) is 2. The molecule has 0 aliphatic carbocycles. The summed E-state index contributed by atoms with van der Waals surface area (Å²) in [6, 6.07) is 0. The highest BCUT2D eigenvalue weighted by Crippen LogP contribution is 1.23. The summed E-state index contributed by atoms with van der Waals surface area (Å²) in [6.07, 6.45) is 1.11. The van der Waals surface area contributed by atoms with Gasteiger partial charge in [-0.25, -0.2) is 0 Å². The summed E-state index contributed by atoms with van der Waals surface area (Å²) >= 11 is 0. The Balaban J connectivity index is 2.43. The fraction of sp³-hybridized carbons (Fsp3) is 0. The number of hydroxylamine groups is 1. The average Bonchev–Trinajstić information content (AvgIpc) is 1.37. The number of hydrogen-bond acceptors (Lipinski definition) is 2. The molecule has 0 aromatic rings. The molecule has 0 saturated heterocycles. The molecular weight excluding hydrogens is 56.0 g/mol. The van der Waals surface area contributed by atoms with E-state index in [1.165, 1.54) is 0 Å². The molecule has 0 aliphatic heterocycles. The number of hydrogen-bond donors (Lipinski definition) is 1. The summed E-state index contributed by atoms with van der Waals surface area (Å²) in [5, 5.41) is 14.3. The van der Waals surface area contributed by atoms with Crippen molar-refractivity contribution in [2.75, 3.05) is 0 Å². The predicted octanol–water partition coefficient (Wildman–Crippen LogP) is -0.539. The van der Waals surface area contributed by atoms with Crippen molar-refractivity contribution in [3.8, 4) is 6.19 Å². The molecule has 0 unspecified atom stereocenters. The fourth-order valence-electron chi connectivity index (χ4n) is 0. The summed E-state index contributed by atoms with van der Waals surface area (Å²) in [5.74, 6) is 0. The lowest BCUT2D eigenvalue weighted by Crippen LogP contribution is -1.78. The summed E-state index contributed by atoms with van der Waals surface area (Å²) in [4.78, 5) is 0. The van der Waals surface area contributed by atoms with Crippen LogP contribution in [-0.4, -0.2) is 5.21 Å². The first-order valence-corrected chi connectivity index (χ1v) is 0.647. The van der Waals surface area contributed by atoms with Gasteiger partial charge < -0.3 is 0 Å². The molecule has 0 bridgehead atoms. The van der Waals surface area contributed by atoms with Crippen molar-refractivity contribution in [2.45, 2.75) is 0 Å². The summed E-state index contributed by atoms with van der Waals surface area (Å²) < 4.78 is 0. The molecule has 3 heteroatoms. The lowest BCUT2D eigenvalue weighted by Gasteiger charge is -1.52. The largest absolute Gasteiger partial charge is 0.257 e. The Bertz CT molecular complexity index is 35.8. The molecule has 3 nitrogen and oxygen atoms in total. The molecular formula is CHN2O. The van der Waals surface area contributed by atoms with Crippen LogP contribution in [-0.2, 0) is 0 Å². The molecule has 0 aromatic carbocycles. The minimum atomic E-state index is 1.11. The molecule has 0 spiro atoms. The van der Waals surface area contributed by atoms with E-state index in [0.717, 1.165) is 6.19 Å². The lowest BCUT2D eigenvalue weighted by atomic mass is 11.5. The molecule has 4 heavy (non-hydrogen) atoms. The van der Waals surface area contributed by atoms with Crippen LogP contribution in [0.5, 0.6) is 0 Å². The van der Waals surface area contributed by atoms with Gasteiger partial charge >= 0.3 is 0 Å². The topological polar surface area (TPSA) is 58.1 Å². The van der Waals surface area contributed by atoms with Crippen LogP contribution in [0.25, 0.3) is 0 Å². The van der Waals surface area contributed by atoms with Crippen LogP contribution in [0, 0.1) is 11.5 Å². The van der Waals surface area contributed by atoms with E-state index >= 15 is 0 Å². The zero-order chi connectivity index (χ0) is 3.41.